The molecule has 0 aliphatic carbocycles. The average molecular weight is 613 g/mol. The molecule has 244 valence electrons. The molecule has 0 aromatic heterocycles. The minimum atomic E-state index is -0.596. The lowest BCUT2D eigenvalue weighted by molar-refractivity contribution is -0.154. The van der Waals surface area contributed by atoms with E-state index in [2.05, 4.69) is 73.7 Å². The number of aryl methyl sites for hydroxylation is 1. The number of aliphatic hydroxyl groups is 1. The number of carbonyl (C=O) groups excluding carboxylic acids is 1. The summed E-state index contributed by atoms with van der Waals surface area (Å²) in [6.07, 6.45) is 23.9. The summed E-state index contributed by atoms with van der Waals surface area (Å²) < 4.78 is 11.3. The van der Waals surface area contributed by atoms with Crippen molar-refractivity contribution < 1.29 is 19.4 Å². The van der Waals surface area contributed by atoms with Gasteiger partial charge in [0.25, 0.3) is 0 Å². The number of unbranched alkanes of at least 4 members (excludes halogenated alkanes) is 12. The van der Waals surface area contributed by atoms with Crippen LogP contribution in [0.4, 0.5) is 0 Å². The van der Waals surface area contributed by atoms with Gasteiger partial charge >= 0.3 is 5.97 Å². The van der Waals surface area contributed by atoms with Crippen molar-refractivity contribution in [3.8, 4) is 0 Å². The maximum Gasteiger partial charge on any atom is 0.306 e. The fourth-order valence-corrected chi connectivity index (χ4v) is 6.47. The molecule has 1 atom stereocenters. The Morgan fingerprint density at radius 3 is 2.00 bits per heavy atom. The number of rotatable bonds is 24. The van der Waals surface area contributed by atoms with E-state index < -0.39 is 6.10 Å². The minimum absolute atomic E-state index is 0.214. The smallest absolute Gasteiger partial charge is 0.306 e. The highest BCUT2D eigenvalue weighted by atomic mass is 16.6. The summed E-state index contributed by atoms with van der Waals surface area (Å²) in [5.74, 6) is -0.271. The number of esters is 1. The standard InChI is InChI=1S/C41H56O4/c1-2-3-4-5-6-7-8-9-10-11-12-13-14-15-16-17-30-44-32-37(31-42)45-39(43)23-19-20-33-24-25-36-27-26-34-21-18-22-35-28-29-38(33)41(36)40(34)35/h9-10,18,21-22,24-29,37,42H,2-8,11-17,19-20,23,30-32H2,1H3/b10-9-. The molecule has 1 unspecified atom stereocenters. The summed E-state index contributed by atoms with van der Waals surface area (Å²) in [5.41, 5.74) is 1.26. The molecule has 0 aliphatic heterocycles. The van der Waals surface area contributed by atoms with Crippen molar-refractivity contribution in [3.05, 3.63) is 72.3 Å². The Bertz CT molecular complexity index is 1410. The van der Waals surface area contributed by atoms with E-state index in [4.69, 9.17) is 9.47 Å². The van der Waals surface area contributed by atoms with Crippen LogP contribution in [-0.4, -0.2) is 37.0 Å². The van der Waals surface area contributed by atoms with Gasteiger partial charge < -0.3 is 14.6 Å². The van der Waals surface area contributed by atoms with E-state index in [0.717, 1.165) is 19.3 Å². The van der Waals surface area contributed by atoms with Crippen LogP contribution in [0.25, 0.3) is 32.3 Å². The first kappa shape index (κ1) is 34.9. The van der Waals surface area contributed by atoms with Crippen LogP contribution in [-0.2, 0) is 20.7 Å². The van der Waals surface area contributed by atoms with E-state index in [1.165, 1.54) is 115 Å². The fourth-order valence-electron chi connectivity index (χ4n) is 6.47. The van der Waals surface area contributed by atoms with Crippen molar-refractivity contribution in [2.45, 2.75) is 122 Å². The summed E-state index contributed by atoms with van der Waals surface area (Å²) in [4.78, 5) is 12.5. The Morgan fingerprint density at radius 1 is 0.711 bits per heavy atom. The van der Waals surface area contributed by atoms with Crippen LogP contribution in [0.2, 0.25) is 0 Å². The first-order valence-corrected chi connectivity index (χ1v) is 17.9. The Labute approximate surface area is 271 Å². The van der Waals surface area contributed by atoms with Gasteiger partial charge in [-0.1, -0.05) is 131 Å². The van der Waals surface area contributed by atoms with Gasteiger partial charge in [0, 0.05) is 13.0 Å². The summed E-state index contributed by atoms with van der Waals surface area (Å²) in [7, 11) is 0. The molecule has 0 bridgehead atoms. The van der Waals surface area contributed by atoms with E-state index >= 15 is 0 Å². The first-order chi connectivity index (χ1) is 22.2. The molecular weight excluding hydrogens is 556 g/mol. The molecule has 0 amide bonds. The molecule has 0 radical (unpaired) electrons. The molecule has 4 rings (SSSR count). The Morgan fingerprint density at radius 2 is 1.31 bits per heavy atom. The van der Waals surface area contributed by atoms with E-state index in [1.54, 1.807) is 0 Å². The van der Waals surface area contributed by atoms with Crippen molar-refractivity contribution >= 4 is 38.3 Å². The van der Waals surface area contributed by atoms with Crippen molar-refractivity contribution in [2.24, 2.45) is 0 Å². The van der Waals surface area contributed by atoms with Crippen LogP contribution in [0, 0.1) is 0 Å². The molecule has 4 heteroatoms. The molecule has 0 saturated heterocycles. The van der Waals surface area contributed by atoms with Gasteiger partial charge in [-0.25, -0.2) is 0 Å². The molecule has 4 aromatic carbocycles. The predicted octanol–water partition coefficient (Wildman–Crippen LogP) is 10.9. The Kier molecular flexibility index (Phi) is 15.7. The number of ether oxygens (including phenoxy) is 2. The highest BCUT2D eigenvalue weighted by Gasteiger charge is 2.15. The maximum absolute atomic E-state index is 12.5. The molecule has 4 nitrogen and oxygen atoms in total. The van der Waals surface area contributed by atoms with Gasteiger partial charge in [0.15, 0.2) is 0 Å². The van der Waals surface area contributed by atoms with Gasteiger partial charge in [0.05, 0.1) is 13.2 Å². The highest BCUT2D eigenvalue weighted by Crippen LogP contribution is 2.36. The number of hydrogen-bond donors (Lipinski definition) is 1. The Hall–Kier alpha value is -2.95. The second kappa shape index (κ2) is 20.2. The van der Waals surface area contributed by atoms with Gasteiger partial charge in [0.2, 0.25) is 0 Å². The monoisotopic (exact) mass is 612 g/mol. The number of benzene rings is 4. The maximum atomic E-state index is 12.5. The van der Waals surface area contributed by atoms with Gasteiger partial charge in [-0.3, -0.25) is 4.79 Å². The van der Waals surface area contributed by atoms with Crippen LogP contribution >= 0.6 is 0 Å². The normalized spacial score (nSPS) is 12.7. The first-order valence-electron chi connectivity index (χ1n) is 17.9. The molecule has 1 N–H and O–H groups in total. The topological polar surface area (TPSA) is 55.8 Å². The van der Waals surface area contributed by atoms with Gasteiger partial charge in [0.1, 0.15) is 6.10 Å². The quantitative estimate of drug-likeness (QED) is 0.0370. The fraction of sp³-hybridized carbons (Fsp3) is 0.537. The second-order valence-electron chi connectivity index (χ2n) is 12.7. The summed E-state index contributed by atoms with van der Waals surface area (Å²) in [6.45, 7) is 2.95. The van der Waals surface area contributed by atoms with Crippen molar-refractivity contribution in [3.63, 3.8) is 0 Å². The van der Waals surface area contributed by atoms with Crippen LogP contribution in [0.3, 0.4) is 0 Å². The Balaban J connectivity index is 1.02. The van der Waals surface area contributed by atoms with E-state index in [-0.39, 0.29) is 19.2 Å². The van der Waals surface area contributed by atoms with Crippen molar-refractivity contribution in [1.82, 2.24) is 0 Å². The van der Waals surface area contributed by atoms with Gasteiger partial charge in [-0.2, -0.15) is 0 Å². The van der Waals surface area contributed by atoms with Crippen molar-refractivity contribution in [2.75, 3.05) is 19.8 Å². The van der Waals surface area contributed by atoms with Crippen LogP contribution < -0.4 is 0 Å². The van der Waals surface area contributed by atoms with Crippen LogP contribution in [0.1, 0.15) is 115 Å². The highest BCUT2D eigenvalue weighted by molar-refractivity contribution is 6.23. The number of carbonyl (C=O) groups is 1. The third kappa shape index (κ3) is 11.4. The van der Waals surface area contributed by atoms with E-state index in [9.17, 15) is 9.90 Å². The third-order valence-electron chi connectivity index (χ3n) is 9.05. The summed E-state index contributed by atoms with van der Waals surface area (Å²) in [5, 5.41) is 17.4. The largest absolute Gasteiger partial charge is 0.457 e. The van der Waals surface area contributed by atoms with E-state index in [0.29, 0.717) is 19.4 Å². The zero-order valence-corrected chi connectivity index (χ0v) is 27.7. The average Bonchev–Trinajstić information content (AvgIpc) is 3.06. The van der Waals surface area contributed by atoms with Gasteiger partial charge in [-0.15, -0.1) is 0 Å². The third-order valence-corrected chi connectivity index (χ3v) is 9.05. The molecule has 4 aromatic rings. The second-order valence-corrected chi connectivity index (χ2v) is 12.7. The molecule has 45 heavy (non-hydrogen) atoms. The SMILES string of the molecule is CCCCCCCC/C=C\CCCCCCCCOCC(CO)OC(=O)CCCc1ccc2ccc3cccc4ccc1c2c34. The molecule has 0 heterocycles. The van der Waals surface area contributed by atoms with Crippen LogP contribution in [0.15, 0.2) is 66.7 Å². The van der Waals surface area contributed by atoms with Crippen molar-refractivity contribution in [1.29, 1.82) is 0 Å². The zero-order valence-electron chi connectivity index (χ0n) is 27.7. The number of aliphatic hydroxyl groups excluding tert-OH is 1. The molecule has 0 fully saturated rings. The molecular formula is C41H56O4. The lowest BCUT2D eigenvalue weighted by Crippen LogP contribution is -2.27. The lowest BCUT2D eigenvalue weighted by atomic mass is 9.90. The minimum Gasteiger partial charge on any atom is -0.457 e. The lowest BCUT2D eigenvalue weighted by Gasteiger charge is -2.16. The summed E-state index contributed by atoms with van der Waals surface area (Å²) >= 11 is 0. The predicted molar refractivity (Wildman–Crippen MR) is 190 cm³/mol. The molecule has 0 saturated carbocycles. The van der Waals surface area contributed by atoms with Crippen LogP contribution in [0.5, 0.6) is 0 Å². The molecule has 0 aliphatic rings. The zero-order chi connectivity index (χ0) is 31.5. The van der Waals surface area contributed by atoms with Gasteiger partial charge in [-0.05, 0) is 82.8 Å². The van der Waals surface area contributed by atoms with E-state index in [1.807, 2.05) is 0 Å². The number of hydrogen-bond acceptors (Lipinski definition) is 4. The molecule has 0 spiro atoms. The number of allylic oxidation sites excluding steroid dienone is 2. The summed E-state index contributed by atoms with van der Waals surface area (Å²) in [6, 6.07) is 19.6.